The van der Waals surface area contributed by atoms with Crippen LogP contribution < -0.4 is 11.3 Å². The minimum absolute atomic E-state index is 0.000139. The summed E-state index contributed by atoms with van der Waals surface area (Å²) in [5, 5.41) is 8.61. The lowest BCUT2D eigenvalue weighted by Gasteiger charge is -2.27. The van der Waals surface area contributed by atoms with Gasteiger partial charge in [0.1, 0.15) is 0 Å². The standard InChI is InChI=1S/C8H8F4N2O2/c9-7(8(10,11)12)2-1-5(14-13)4(3-7)6(15)16/h1-3,5,14H,13H2,(H,15,16). The number of nitrogens with two attached hydrogens (primary N) is 1. The van der Waals surface area contributed by atoms with Crippen molar-refractivity contribution in [2.24, 2.45) is 5.84 Å². The second-order valence-corrected chi connectivity index (χ2v) is 3.17. The van der Waals surface area contributed by atoms with Crippen LogP contribution in [0.3, 0.4) is 0 Å². The first-order chi connectivity index (χ1) is 7.21. The third-order valence-corrected chi connectivity index (χ3v) is 2.09. The highest BCUT2D eigenvalue weighted by atomic mass is 19.4. The van der Waals surface area contributed by atoms with Crippen LogP contribution in [-0.2, 0) is 4.79 Å². The number of nitrogens with one attached hydrogen (secondary N) is 1. The maximum Gasteiger partial charge on any atom is 0.429 e. The van der Waals surface area contributed by atoms with Crippen molar-refractivity contribution in [3.05, 3.63) is 23.8 Å². The molecule has 0 saturated carbocycles. The number of carboxylic acid groups (broad SMARTS) is 1. The minimum Gasteiger partial charge on any atom is -0.478 e. The van der Waals surface area contributed by atoms with E-state index in [1.165, 1.54) is 0 Å². The lowest BCUT2D eigenvalue weighted by atomic mass is 9.91. The molecule has 0 aromatic heterocycles. The molecule has 2 unspecified atom stereocenters. The van der Waals surface area contributed by atoms with Crippen LogP contribution in [0.1, 0.15) is 0 Å². The number of hydrogen-bond donors (Lipinski definition) is 3. The van der Waals surface area contributed by atoms with E-state index in [1.807, 2.05) is 5.43 Å². The Morgan fingerprint density at radius 3 is 2.50 bits per heavy atom. The summed E-state index contributed by atoms with van der Waals surface area (Å²) in [6.45, 7) is 0. The van der Waals surface area contributed by atoms with Crippen molar-refractivity contribution in [1.82, 2.24) is 5.43 Å². The van der Waals surface area contributed by atoms with E-state index in [2.05, 4.69) is 0 Å². The molecule has 0 spiro atoms. The van der Waals surface area contributed by atoms with Gasteiger partial charge in [0.15, 0.2) is 0 Å². The molecule has 16 heavy (non-hydrogen) atoms. The molecular formula is C8H8F4N2O2. The highest BCUT2D eigenvalue weighted by Crippen LogP contribution is 2.39. The molecule has 8 heteroatoms. The van der Waals surface area contributed by atoms with Crippen LogP contribution in [0.25, 0.3) is 0 Å². The van der Waals surface area contributed by atoms with Gasteiger partial charge in [-0.1, -0.05) is 6.08 Å². The molecule has 0 fully saturated rings. The number of alkyl halides is 4. The summed E-state index contributed by atoms with van der Waals surface area (Å²) >= 11 is 0. The van der Waals surface area contributed by atoms with Gasteiger partial charge in [0.05, 0.1) is 11.6 Å². The van der Waals surface area contributed by atoms with Gasteiger partial charge in [-0.3, -0.25) is 5.84 Å². The molecule has 4 N–H and O–H groups in total. The molecule has 0 amide bonds. The van der Waals surface area contributed by atoms with Crippen molar-refractivity contribution in [1.29, 1.82) is 0 Å². The van der Waals surface area contributed by atoms with Gasteiger partial charge in [-0.2, -0.15) is 13.2 Å². The van der Waals surface area contributed by atoms with Crippen LogP contribution in [0.4, 0.5) is 17.6 Å². The second-order valence-electron chi connectivity index (χ2n) is 3.17. The fraction of sp³-hybridized carbons (Fsp3) is 0.375. The van der Waals surface area contributed by atoms with Gasteiger partial charge < -0.3 is 5.11 Å². The van der Waals surface area contributed by atoms with Crippen LogP contribution in [-0.4, -0.2) is 29.0 Å². The quantitative estimate of drug-likeness (QED) is 0.287. The molecule has 0 bridgehead atoms. The van der Waals surface area contributed by atoms with Gasteiger partial charge >= 0.3 is 12.1 Å². The van der Waals surface area contributed by atoms with E-state index in [9.17, 15) is 22.4 Å². The predicted octanol–water partition coefficient (Wildman–Crippen LogP) is 0.670. The summed E-state index contributed by atoms with van der Waals surface area (Å²) in [5.41, 5.74) is -2.60. The average Bonchev–Trinajstić information content (AvgIpc) is 2.16. The zero-order valence-electron chi connectivity index (χ0n) is 7.75. The first-order valence-corrected chi connectivity index (χ1v) is 4.08. The summed E-state index contributed by atoms with van der Waals surface area (Å²) < 4.78 is 50.2. The molecule has 0 aromatic carbocycles. The Bertz CT molecular complexity index is 364. The smallest absolute Gasteiger partial charge is 0.429 e. The normalized spacial score (nSPS) is 30.1. The third kappa shape index (κ3) is 2.07. The molecule has 0 radical (unpaired) electrons. The summed E-state index contributed by atoms with van der Waals surface area (Å²) in [7, 11) is 0. The zero-order valence-corrected chi connectivity index (χ0v) is 7.75. The first-order valence-electron chi connectivity index (χ1n) is 4.08. The summed E-state index contributed by atoms with van der Waals surface area (Å²) in [6.07, 6.45) is -4.26. The summed E-state index contributed by atoms with van der Waals surface area (Å²) in [4.78, 5) is 10.6. The fourth-order valence-corrected chi connectivity index (χ4v) is 1.22. The predicted molar refractivity (Wildman–Crippen MR) is 45.9 cm³/mol. The summed E-state index contributed by atoms with van der Waals surface area (Å²) in [6, 6.07) is -1.15. The number of hydrogen-bond acceptors (Lipinski definition) is 3. The second kappa shape index (κ2) is 3.87. The molecule has 0 aliphatic heterocycles. The molecule has 4 nitrogen and oxygen atoms in total. The van der Waals surface area contributed by atoms with E-state index in [4.69, 9.17) is 10.9 Å². The molecule has 1 aliphatic rings. The highest BCUT2D eigenvalue weighted by molar-refractivity contribution is 5.89. The van der Waals surface area contributed by atoms with E-state index in [-0.39, 0.29) is 12.2 Å². The minimum atomic E-state index is -5.20. The topological polar surface area (TPSA) is 75.3 Å². The third-order valence-electron chi connectivity index (χ3n) is 2.09. The van der Waals surface area contributed by atoms with Gasteiger partial charge in [-0.15, -0.1) is 0 Å². The van der Waals surface area contributed by atoms with Crippen molar-refractivity contribution >= 4 is 5.97 Å². The molecule has 90 valence electrons. The fourth-order valence-electron chi connectivity index (χ4n) is 1.22. The van der Waals surface area contributed by atoms with Gasteiger partial charge in [0, 0.05) is 0 Å². The Morgan fingerprint density at radius 1 is 1.56 bits per heavy atom. The maximum atomic E-state index is 13.4. The van der Waals surface area contributed by atoms with Crippen LogP contribution in [0.2, 0.25) is 0 Å². The largest absolute Gasteiger partial charge is 0.478 e. The Labute approximate surface area is 87.4 Å². The molecule has 0 heterocycles. The first kappa shape index (κ1) is 12.7. The van der Waals surface area contributed by atoms with E-state index in [0.717, 1.165) is 6.08 Å². The SMILES string of the molecule is NNC1C=CC(F)(C(F)(F)F)C=C1C(=O)O. The average molecular weight is 240 g/mol. The highest BCUT2D eigenvalue weighted by Gasteiger charge is 2.54. The van der Waals surface area contributed by atoms with E-state index in [0.29, 0.717) is 0 Å². The number of aliphatic carboxylic acids is 1. The van der Waals surface area contributed by atoms with Crippen molar-refractivity contribution in [3.63, 3.8) is 0 Å². The van der Waals surface area contributed by atoms with Crippen molar-refractivity contribution in [2.75, 3.05) is 0 Å². The Balaban J connectivity index is 3.17. The molecule has 0 aromatic rings. The Kier molecular flexibility index (Phi) is 3.06. The number of rotatable bonds is 2. The van der Waals surface area contributed by atoms with Gasteiger partial charge in [0.2, 0.25) is 5.67 Å². The monoisotopic (exact) mass is 240 g/mol. The van der Waals surface area contributed by atoms with Crippen molar-refractivity contribution in [3.8, 4) is 0 Å². The van der Waals surface area contributed by atoms with Gasteiger partial charge in [-0.25, -0.2) is 14.6 Å². The van der Waals surface area contributed by atoms with Crippen LogP contribution in [0.15, 0.2) is 23.8 Å². The number of hydrazine groups is 1. The maximum absolute atomic E-state index is 13.4. The summed E-state index contributed by atoms with van der Waals surface area (Å²) in [5.74, 6) is 3.25. The molecule has 1 aliphatic carbocycles. The molecule has 1 rings (SSSR count). The number of halogens is 4. The number of allylic oxidation sites excluding steroid dienone is 2. The van der Waals surface area contributed by atoms with Crippen molar-refractivity contribution < 1.29 is 27.5 Å². The Hall–Kier alpha value is -1.41. The van der Waals surface area contributed by atoms with E-state index >= 15 is 0 Å². The van der Waals surface area contributed by atoms with Crippen LogP contribution >= 0.6 is 0 Å². The van der Waals surface area contributed by atoms with Gasteiger partial charge in [-0.05, 0) is 12.2 Å². The molecular weight excluding hydrogens is 232 g/mol. The zero-order chi connectivity index (χ0) is 12.6. The van der Waals surface area contributed by atoms with E-state index in [1.54, 1.807) is 0 Å². The lowest BCUT2D eigenvalue weighted by Crippen LogP contribution is -2.45. The van der Waals surface area contributed by atoms with E-state index < -0.39 is 29.4 Å². The van der Waals surface area contributed by atoms with Crippen LogP contribution in [0, 0.1) is 0 Å². The lowest BCUT2D eigenvalue weighted by molar-refractivity contribution is -0.195. The Morgan fingerprint density at radius 2 is 2.12 bits per heavy atom. The molecule has 0 saturated heterocycles. The number of carboxylic acids is 1. The van der Waals surface area contributed by atoms with Crippen LogP contribution in [0.5, 0.6) is 0 Å². The number of carbonyl (C=O) groups is 1. The van der Waals surface area contributed by atoms with Gasteiger partial charge in [0.25, 0.3) is 0 Å². The van der Waals surface area contributed by atoms with Crippen molar-refractivity contribution in [2.45, 2.75) is 17.9 Å². The molecule has 2 atom stereocenters.